The van der Waals surface area contributed by atoms with Crippen LogP contribution in [-0.4, -0.2) is 47.9 Å². The van der Waals surface area contributed by atoms with Crippen molar-refractivity contribution in [2.45, 2.75) is 47.0 Å². The van der Waals surface area contributed by atoms with Crippen LogP contribution < -0.4 is 16.4 Å². The van der Waals surface area contributed by atoms with Gasteiger partial charge >= 0.3 is 0 Å². The number of benzene rings is 1. The Morgan fingerprint density at radius 2 is 1.23 bits per heavy atom. The molecule has 5 nitrogen and oxygen atoms in total. The van der Waals surface area contributed by atoms with E-state index in [0.29, 0.717) is 40.6 Å². The Bertz CT molecular complexity index is 747. The van der Waals surface area contributed by atoms with E-state index in [1.165, 1.54) is 23.0 Å². The number of rotatable bonds is 12. The first-order valence-electron chi connectivity index (χ1n) is 10.5. The van der Waals surface area contributed by atoms with E-state index in [1.54, 1.807) is 0 Å². The molecule has 0 spiro atoms. The predicted octanol–water partition coefficient (Wildman–Crippen LogP) is 5.60. The predicted molar refractivity (Wildman–Crippen MR) is 157 cm³/mol. The molecule has 1 aromatic rings. The number of hydrogen-bond donors (Lipinski definition) is 3. The fourth-order valence-corrected chi connectivity index (χ4v) is 10.3. The van der Waals surface area contributed by atoms with E-state index in [1.807, 2.05) is 0 Å². The average Bonchev–Trinajstić information content (AvgIpc) is 2.73. The van der Waals surface area contributed by atoms with Crippen molar-refractivity contribution in [3.8, 4) is 0 Å². The number of hydrogen-bond acceptors (Lipinski definition) is 3. The maximum Gasteiger partial charge on any atom is 0.253 e. The highest BCUT2D eigenvalue weighted by Gasteiger charge is 2.26. The fourth-order valence-electron chi connectivity index (χ4n) is 3.26. The van der Waals surface area contributed by atoms with E-state index < -0.39 is 10.0 Å². The third-order valence-corrected chi connectivity index (χ3v) is 13.6. The molecule has 1 rings (SSSR count). The van der Waals surface area contributed by atoms with Gasteiger partial charge in [0.25, 0.3) is 11.8 Å². The quantitative estimate of drug-likeness (QED) is 0.147. The molecule has 0 unspecified atom stereocenters. The molecule has 0 radical (unpaired) electrons. The number of amides is 2. The number of anilines is 1. The van der Waals surface area contributed by atoms with Gasteiger partial charge in [-0.3, -0.25) is 9.59 Å². The van der Waals surface area contributed by atoms with Crippen molar-refractivity contribution in [1.29, 1.82) is 0 Å². The highest BCUT2D eigenvalue weighted by molar-refractivity contribution is 14.1. The summed E-state index contributed by atoms with van der Waals surface area (Å²) in [6.45, 7) is 10.2. The zero-order valence-electron chi connectivity index (χ0n) is 18.3. The zero-order chi connectivity index (χ0) is 22.9. The largest absolute Gasteiger partial charge is 0.397 e. The normalized spacial score (nSPS) is 12.0. The molecule has 0 saturated heterocycles. The van der Waals surface area contributed by atoms with Crippen molar-refractivity contribution in [3.05, 3.63) is 21.8 Å². The van der Waals surface area contributed by atoms with Gasteiger partial charge in [-0.15, -0.1) is 0 Å². The first-order valence-corrected chi connectivity index (χ1v) is 16.0. The summed E-state index contributed by atoms with van der Waals surface area (Å²) in [7, 11) is -0.559. The first-order chi connectivity index (χ1) is 14.2. The summed E-state index contributed by atoms with van der Waals surface area (Å²) in [6.07, 6.45) is 2.91. The molecule has 0 aliphatic heterocycles. The lowest BCUT2D eigenvalue weighted by Crippen LogP contribution is -2.31. The minimum Gasteiger partial charge on any atom is -0.397 e. The van der Waals surface area contributed by atoms with Crippen LogP contribution in [0.5, 0.6) is 0 Å². The van der Waals surface area contributed by atoms with Crippen molar-refractivity contribution in [2.75, 3.05) is 41.8 Å². The highest BCUT2D eigenvalue weighted by Crippen LogP contribution is 2.47. The minimum absolute atomic E-state index is 0.153. The van der Waals surface area contributed by atoms with Crippen LogP contribution in [0.4, 0.5) is 5.69 Å². The molecule has 0 heterocycles. The van der Waals surface area contributed by atoms with Gasteiger partial charge in [-0.25, -0.2) is 10.0 Å². The van der Waals surface area contributed by atoms with Crippen molar-refractivity contribution < 1.29 is 9.59 Å². The van der Waals surface area contributed by atoms with Gasteiger partial charge in [-0.1, -0.05) is 34.1 Å². The minimum atomic E-state index is -0.559. The Labute approximate surface area is 224 Å². The van der Waals surface area contributed by atoms with Gasteiger partial charge in [0.1, 0.15) is 0 Å². The van der Waals surface area contributed by atoms with Crippen LogP contribution in [0, 0.1) is 10.7 Å². The van der Waals surface area contributed by atoms with Crippen LogP contribution in [0.3, 0.4) is 0 Å². The zero-order valence-corrected chi connectivity index (χ0v) is 25.6. The number of carbonyl (C=O) groups is 2. The van der Waals surface area contributed by atoms with Gasteiger partial charge in [0.2, 0.25) is 0 Å². The van der Waals surface area contributed by atoms with Crippen LogP contribution in [0.2, 0.25) is 0 Å². The molecule has 0 aliphatic carbocycles. The summed E-state index contributed by atoms with van der Waals surface area (Å²) in [6, 6.07) is 0. The Balaban J connectivity index is 3.00. The molecule has 0 aromatic heterocycles. The lowest BCUT2D eigenvalue weighted by atomic mass is 10.1. The van der Waals surface area contributed by atoms with Crippen LogP contribution in [0.25, 0.3) is 0 Å². The van der Waals surface area contributed by atoms with Crippen LogP contribution in [0.1, 0.15) is 67.7 Å². The topological polar surface area (TPSA) is 84.2 Å². The van der Waals surface area contributed by atoms with Gasteiger partial charge < -0.3 is 16.4 Å². The average molecular weight is 773 g/mol. The van der Waals surface area contributed by atoms with Gasteiger partial charge in [-0.2, -0.15) is 0 Å². The summed E-state index contributed by atoms with van der Waals surface area (Å²) in [4.78, 5) is 25.8. The van der Waals surface area contributed by atoms with Crippen LogP contribution >= 0.6 is 77.8 Å². The molecule has 30 heavy (non-hydrogen) atoms. The maximum atomic E-state index is 13.0. The third-order valence-electron chi connectivity index (χ3n) is 5.50. The second-order valence-electron chi connectivity index (χ2n) is 7.12. The monoisotopic (exact) mass is 773 g/mol. The van der Waals surface area contributed by atoms with E-state index in [0.717, 1.165) is 19.3 Å². The molecule has 2 amide bonds. The fraction of sp³-hybridized carbons (Fsp3) is 0.619. The lowest BCUT2D eigenvalue weighted by molar-refractivity contribution is 0.0951. The molecule has 0 fully saturated rings. The molecule has 0 aliphatic rings. The van der Waals surface area contributed by atoms with E-state index >= 15 is 0 Å². The molecule has 4 N–H and O–H groups in total. The third kappa shape index (κ3) is 7.26. The number of unbranched alkanes of at least 4 members (excludes halogenated alkanes) is 1. The molecular weight excluding hydrogens is 739 g/mol. The van der Waals surface area contributed by atoms with Crippen molar-refractivity contribution in [1.82, 2.24) is 10.6 Å². The second-order valence-corrected chi connectivity index (χ2v) is 14.9. The highest BCUT2D eigenvalue weighted by atomic mass is 127. The number of nitrogen functional groups attached to an aromatic ring is 1. The number of nitrogens with two attached hydrogens (primary N) is 1. The van der Waals surface area contributed by atoms with E-state index in [2.05, 4.69) is 106 Å². The first kappa shape index (κ1) is 28.5. The summed E-state index contributed by atoms with van der Waals surface area (Å²) in [5.74, 6) is 4.59. The summed E-state index contributed by atoms with van der Waals surface area (Å²) >= 11 is 6.33. The molecule has 1 aromatic carbocycles. The molecular formula is C21H34I3N3O2S. The van der Waals surface area contributed by atoms with Gasteiger partial charge in [0.15, 0.2) is 0 Å². The van der Waals surface area contributed by atoms with E-state index in [9.17, 15) is 9.59 Å². The summed E-state index contributed by atoms with van der Waals surface area (Å²) in [5.41, 5.74) is 7.78. The number of halogens is 3. The van der Waals surface area contributed by atoms with E-state index in [4.69, 9.17) is 5.73 Å². The van der Waals surface area contributed by atoms with Gasteiger partial charge in [0, 0.05) is 16.7 Å². The van der Waals surface area contributed by atoms with Gasteiger partial charge in [-0.05, 0) is 104 Å². The lowest BCUT2D eigenvalue weighted by Gasteiger charge is -2.37. The Hall–Kier alpha value is 0.500. The molecule has 172 valence electrons. The standard InChI is InChI=1S/C21H34I3N3O2S/c1-5-9-11-26-20(28)14-16(22)15(18(24)19(25)17(14)23)21(29)27-12-10-13-30(6-2,7-3)8-4/h5-13,25H2,1-4H3,(H,26,28)(H,27,29). The number of carbonyl (C=O) groups excluding carboxylic acids is 2. The maximum absolute atomic E-state index is 13.0. The second kappa shape index (κ2) is 13.9. The van der Waals surface area contributed by atoms with Gasteiger partial charge in [0.05, 0.1) is 24.0 Å². The smallest absolute Gasteiger partial charge is 0.253 e. The van der Waals surface area contributed by atoms with E-state index in [-0.39, 0.29) is 11.8 Å². The van der Waals surface area contributed by atoms with Crippen molar-refractivity contribution in [3.63, 3.8) is 0 Å². The van der Waals surface area contributed by atoms with Crippen molar-refractivity contribution >= 4 is 95.3 Å². The Morgan fingerprint density at radius 3 is 1.63 bits per heavy atom. The SMILES string of the molecule is CCCCNC(=O)c1c(I)c(N)c(I)c(C(=O)NCCCS(CC)(CC)CC)c1I. The van der Waals surface area contributed by atoms with Crippen LogP contribution in [-0.2, 0) is 0 Å². The summed E-state index contributed by atoms with van der Waals surface area (Å²) < 4.78 is 2.08. The molecule has 0 saturated carbocycles. The summed E-state index contributed by atoms with van der Waals surface area (Å²) in [5, 5.41) is 6.01. The number of nitrogens with one attached hydrogen (secondary N) is 2. The Morgan fingerprint density at radius 1 is 0.800 bits per heavy atom. The van der Waals surface area contributed by atoms with Crippen LogP contribution in [0.15, 0.2) is 0 Å². The van der Waals surface area contributed by atoms with Crippen molar-refractivity contribution in [2.24, 2.45) is 0 Å². The molecule has 0 bridgehead atoms. The Kier molecular flexibility index (Phi) is 13.2. The molecule has 0 atom stereocenters. The molecule has 9 heteroatoms.